The van der Waals surface area contributed by atoms with Crippen LogP contribution in [0.2, 0.25) is 0 Å². The summed E-state index contributed by atoms with van der Waals surface area (Å²) in [7, 11) is 1.59. The van der Waals surface area contributed by atoms with Crippen molar-refractivity contribution in [1.29, 1.82) is 0 Å². The van der Waals surface area contributed by atoms with Crippen molar-refractivity contribution in [2.45, 2.75) is 12.5 Å². The summed E-state index contributed by atoms with van der Waals surface area (Å²) in [5.41, 5.74) is 0. The molecular weight excluding hydrogens is 234 g/mol. The molecule has 1 aromatic rings. The molecule has 1 amide bonds. The first-order chi connectivity index (χ1) is 7.26. The van der Waals surface area contributed by atoms with Crippen LogP contribution in [0.4, 0.5) is 0 Å². The first-order valence-corrected chi connectivity index (χ1v) is 6.04. The minimum absolute atomic E-state index is 0.0137. The number of methoxy groups -OCH3 is 1. The Morgan fingerprint density at radius 1 is 1.73 bits per heavy atom. The van der Waals surface area contributed by atoms with Crippen molar-refractivity contribution in [2.24, 2.45) is 0 Å². The number of thiophene rings is 1. The van der Waals surface area contributed by atoms with E-state index in [2.05, 4.69) is 5.32 Å². The molecule has 1 atom stereocenters. The number of alkyl halides is 1. The van der Waals surface area contributed by atoms with Gasteiger partial charge in [0.1, 0.15) is 0 Å². The van der Waals surface area contributed by atoms with Crippen molar-refractivity contribution in [3.05, 3.63) is 22.4 Å². The van der Waals surface area contributed by atoms with E-state index in [9.17, 15) is 4.79 Å². The molecule has 5 heteroatoms. The van der Waals surface area contributed by atoms with Crippen molar-refractivity contribution in [1.82, 2.24) is 5.32 Å². The molecule has 0 spiro atoms. The number of carbonyl (C=O) groups excluding carboxylic acids is 1. The molecule has 1 N–H and O–H groups in total. The molecule has 0 radical (unpaired) electrons. The Balaban J connectivity index is 2.34. The van der Waals surface area contributed by atoms with Crippen LogP contribution in [0.3, 0.4) is 0 Å². The number of carbonyl (C=O) groups is 1. The van der Waals surface area contributed by atoms with E-state index in [1.807, 2.05) is 17.5 Å². The van der Waals surface area contributed by atoms with Gasteiger partial charge in [-0.2, -0.15) is 0 Å². The predicted octanol–water partition coefficient (Wildman–Crippen LogP) is 1.66. The topological polar surface area (TPSA) is 38.3 Å². The Kier molecular flexibility index (Phi) is 5.68. The van der Waals surface area contributed by atoms with Crippen molar-refractivity contribution in [3.8, 4) is 0 Å². The summed E-state index contributed by atoms with van der Waals surface area (Å²) < 4.78 is 4.93. The smallest absolute Gasteiger partial charge is 0.225 e. The van der Waals surface area contributed by atoms with Crippen LogP contribution in [0.1, 0.15) is 4.88 Å². The lowest BCUT2D eigenvalue weighted by molar-refractivity contribution is -0.121. The van der Waals surface area contributed by atoms with E-state index in [-0.39, 0.29) is 11.9 Å². The molecule has 3 nitrogen and oxygen atoms in total. The molecule has 0 saturated carbocycles. The van der Waals surface area contributed by atoms with Gasteiger partial charge < -0.3 is 10.1 Å². The van der Waals surface area contributed by atoms with E-state index in [1.165, 1.54) is 0 Å². The summed E-state index contributed by atoms with van der Waals surface area (Å²) >= 11 is 7.25. The Labute approximate surface area is 98.4 Å². The molecule has 1 aromatic heterocycles. The Morgan fingerprint density at radius 3 is 3.07 bits per heavy atom. The van der Waals surface area contributed by atoms with Crippen LogP contribution in [0.25, 0.3) is 0 Å². The Morgan fingerprint density at radius 2 is 2.53 bits per heavy atom. The second-order valence-corrected chi connectivity index (χ2v) is 4.47. The van der Waals surface area contributed by atoms with E-state index in [0.29, 0.717) is 18.9 Å². The lowest BCUT2D eigenvalue weighted by Crippen LogP contribution is -2.40. The van der Waals surface area contributed by atoms with Gasteiger partial charge in [0.25, 0.3) is 0 Å². The molecule has 15 heavy (non-hydrogen) atoms. The maximum atomic E-state index is 11.5. The molecule has 1 unspecified atom stereocenters. The predicted molar refractivity (Wildman–Crippen MR) is 62.5 cm³/mol. The second-order valence-electron chi connectivity index (χ2n) is 3.13. The molecule has 0 bridgehead atoms. The average molecular weight is 248 g/mol. The number of hydrogen-bond donors (Lipinski definition) is 1. The van der Waals surface area contributed by atoms with Gasteiger partial charge in [-0.3, -0.25) is 4.79 Å². The third kappa shape index (κ3) is 4.64. The van der Waals surface area contributed by atoms with Gasteiger partial charge in [-0.1, -0.05) is 6.07 Å². The van der Waals surface area contributed by atoms with Gasteiger partial charge in [-0.25, -0.2) is 0 Å². The van der Waals surface area contributed by atoms with Gasteiger partial charge in [0.2, 0.25) is 5.91 Å². The van der Waals surface area contributed by atoms with Crippen LogP contribution in [-0.4, -0.2) is 31.5 Å². The van der Waals surface area contributed by atoms with Gasteiger partial charge in [0, 0.05) is 17.9 Å². The monoisotopic (exact) mass is 247 g/mol. The number of rotatable bonds is 6. The maximum absolute atomic E-state index is 11.5. The van der Waals surface area contributed by atoms with Crippen LogP contribution < -0.4 is 5.32 Å². The first kappa shape index (κ1) is 12.5. The zero-order valence-electron chi connectivity index (χ0n) is 8.53. The van der Waals surface area contributed by atoms with E-state index >= 15 is 0 Å². The van der Waals surface area contributed by atoms with Gasteiger partial charge in [-0.05, 0) is 11.4 Å². The Bertz CT molecular complexity index is 290. The summed E-state index contributed by atoms with van der Waals surface area (Å²) in [4.78, 5) is 12.6. The number of ether oxygens (including phenoxy) is 1. The SMILES string of the molecule is COCC(CCl)NC(=O)Cc1cccs1. The number of nitrogens with one attached hydrogen (secondary N) is 1. The van der Waals surface area contributed by atoms with Crippen molar-refractivity contribution >= 4 is 28.8 Å². The van der Waals surface area contributed by atoms with Crippen molar-refractivity contribution in [2.75, 3.05) is 19.6 Å². The minimum Gasteiger partial charge on any atom is -0.383 e. The Hall–Kier alpha value is -0.580. The van der Waals surface area contributed by atoms with Gasteiger partial charge in [0.05, 0.1) is 19.1 Å². The third-order valence-electron chi connectivity index (χ3n) is 1.83. The standard InChI is InChI=1S/C10H14ClNO2S/c1-14-7-8(6-11)12-10(13)5-9-3-2-4-15-9/h2-4,8H,5-7H2,1H3,(H,12,13). The van der Waals surface area contributed by atoms with E-state index in [4.69, 9.17) is 16.3 Å². The minimum atomic E-state index is -0.107. The maximum Gasteiger partial charge on any atom is 0.225 e. The molecular formula is C10H14ClNO2S. The highest BCUT2D eigenvalue weighted by Crippen LogP contribution is 2.08. The fraction of sp³-hybridized carbons (Fsp3) is 0.500. The molecule has 0 aliphatic heterocycles. The van der Waals surface area contributed by atoms with E-state index in [1.54, 1.807) is 18.4 Å². The zero-order chi connectivity index (χ0) is 11.1. The van der Waals surface area contributed by atoms with Gasteiger partial charge in [0.15, 0.2) is 0 Å². The molecule has 0 aromatic carbocycles. The highest BCUT2D eigenvalue weighted by atomic mass is 35.5. The molecule has 1 rings (SSSR count). The van der Waals surface area contributed by atoms with Crippen LogP contribution in [0, 0.1) is 0 Å². The largest absolute Gasteiger partial charge is 0.383 e. The highest BCUT2D eigenvalue weighted by molar-refractivity contribution is 7.10. The number of amides is 1. The molecule has 0 aliphatic carbocycles. The molecule has 84 valence electrons. The van der Waals surface area contributed by atoms with Crippen molar-refractivity contribution < 1.29 is 9.53 Å². The summed E-state index contributed by atoms with van der Waals surface area (Å²) in [6.07, 6.45) is 0.411. The summed E-state index contributed by atoms with van der Waals surface area (Å²) in [6, 6.07) is 3.77. The first-order valence-electron chi connectivity index (χ1n) is 4.63. The fourth-order valence-corrected chi connectivity index (χ4v) is 2.05. The molecule has 1 heterocycles. The number of halogens is 1. The molecule has 0 saturated heterocycles. The van der Waals surface area contributed by atoms with Crippen LogP contribution in [0.5, 0.6) is 0 Å². The second kappa shape index (κ2) is 6.82. The summed E-state index contributed by atoms with van der Waals surface area (Å²) in [6.45, 7) is 0.444. The van der Waals surface area contributed by atoms with Gasteiger partial charge in [-0.15, -0.1) is 22.9 Å². The summed E-state index contributed by atoms with van der Waals surface area (Å²) in [5, 5.41) is 4.77. The molecule has 0 fully saturated rings. The number of hydrogen-bond acceptors (Lipinski definition) is 3. The molecule has 0 aliphatic rings. The zero-order valence-corrected chi connectivity index (χ0v) is 10.1. The lowest BCUT2D eigenvalue weighted by Gasteiger charge is -2.14. The van der Waals surface area contributed by atoms with Crippen molar-refractivity contribution in [3.63, 3.8) is 0 Å². The fourth-order valence-electron chi connectivity index (χ4n) is 1.18. The third-order valence-corrected chi connectivity index (χ3v) is 3.08. The lowest BCUT2D eigenvalue weighted by atomic mass is 10.3. The van der Waals surface area contributed by atoms with E-state index < -0.39 is 0 Å². The van der Waals surface area contributed by atoms with Gasteiger partial charge >= 0.3 is 0 Å². The highest BCUT2D eigenvalue weighted by Gasteiger charge is 2.11. The average Bonchev–Trinajstić information content (AvgIpc) is 2.69. The summed E-state index contributed by atoms with van der Waals surface area (Å²) in [5.74, 6) is 0.351. The van der Waals surface area contributed by atoms with Crippen LogP contribution in [-0.2, 0) is 16.0 Å². The van der Waals surface area contributed by atoms with Crippen LogP contribution in [0.15, 0.2) is 17.5 Å². The van der Waals surface area contributed by atoms with E-state index in [0.717, 1.165) is 4.88 Å². The quantitative estimate of drug-likeness (QED) is 0.777. The normalized spacial score (nSPS) is 12.4. The van der Waals surface area contributed by atoms with Crippen LogP contribution >= 0.6 is 22.9 Å².